The van der Waals surface area contributed by atoms with E-state index in [-0.39, 0.29) is 11.8 Å². The standard InChI is InChI=1S/C18H16N2O/c1-13-18(12-16(18)14-8-4-2-5-9-14)17(21)20(19-13)15-10-6-3-7-11-15/h2-11,16H,12H2,1H3/t16-,18-/m0/s1. The lowest BCUT2D eigenvalue weighted by molar-refractivity contribution is -0.120. The van der Waals surface area contributed by atoms with Crippen LogP contribution in [0.5, 0.6) is 0 Å². The number of para-hydroxylation sites is 1. The van der Waals surface area contributed by atoms with E-state index in [0.29, 0.717) is 0 Å². The molecule has 2 aliphatic rings. The van der Waals surface area contributed by atoms with Crippen molar-refractivity contribution in [2.75, 3.05) is 5.01 Å². The lowest BCUT2D eigenvalue weighted by atomic mass is 9.94. The monoisotopic (exact) mass is 276 g/mol. The van der Waals surface area contributed by atoms with Gasteiger partial charge in [-0.05, 0) is 31.0 Å². The number of carbonyl (C=O) groups is 1. The summed E-state index contributed by atoms with van der Waals surface area (Å²) in [5.41, 5.74) is 2.61. The number of rotatable bonds is 2. The number of amides is 1. The van der Waals surface area contributed by atoms with Gasteiger partial charge in [-0.3, -0.25) is 4.79 Å². The van der Waals surface area contributed by atoms with Gasteiger partial charge < -0.3 is 0 Å². The van der Waals surface area contributed by atoms with Gasteiger partial charge in [-0.15, -0.1) is 0 Å². The Morgan fingerprint density at radius 2 is 1.67 bits per heavy atom. The van der Waals surface area contributed by atoms with Crippen LogP contribution in [-0.2, 0) is 4.79 Å². The second-order valence-electron chi connectivity index (χ2n) is 5.78. The first-order valence-electron chi connectivity index (χ1n) is 7.24. The number of hydrogen-bond acceptors (Lipinski definition) is 2. The van der Waals surface area contributed by atoms with E-state index < -0.39 is 5.41 Å². The van der Waals surface area contributed by atoms with Gasteiger partial charge in [0.1, 0.15) is 0 Å². The largest absolute Gasteiger partial charge is 0.271 e. The van der Waals surface area contributed by atoms with Crippen LogP contribution in [0.3, 0.4) is 0 Å². The van der Waals surface area contributed by atoms with Gasteiger partial charge in [-0.2, -0.15) is 10.1 Å². The van der Waals surface area contributed by atoms with Crippen LogP contribution in [0, 0.1) is 5.41 Å². The third-order valence-electron chi connectivity index (χ3n) is 4.63. The maximum absolute atomic E-state index is 12.9. The molecule has 2 atom stereocenters. The van der Waals surface area contributed by atoms with E-state index >= 15 is 0 Å². The molecule has 2 aromatic rings. The predicted octanol–water partition coefficient (Wildman–Crippen LogP) is 3.58. The van der Waals surface area contributed by atoms with Crippen LogP contribution < -0.4 is 5.01 Å². The molecular formula is C18H16N2O. The molecule has 1 amide bonds. The number of nitrogens with zero attached hydrogens (tertiary/aromatic N) is 2. The molecule has 21 heavy (non-hydrogen) atoms. The minimum atomic E-state index is -0.406. The van der Waals surface area contributed by atoms with E-state index in [1.807, 2.05) is 55.5 Å². The molecular weight excluding hydrogens is 260 g/mol. The Hall–Kier alpha value is -2.42. The molecule has 0 unspecified atom stereocenters. The highest BCUT2D eigenvalue weighted by atomic mass is 16.2. The normalized spacial score (nSPS) is 27.1. The highest BCUT2D eigenvalue weighted by Gasteiger charge is 2.66. The molecule has 0 N–H and O–H groups in total. The summed E-state index contributed by atoms with van der Waals surface area (Å²) in [5, 5.41) is 6.10. The minimum absolute atomic E-state index is 0.111. The lowest BCUT2D eigenvalue weighted by Gasteiger charge is -2.14. The van der Waals surface area contributed by atoms with Crippen LogP contribution in [0.2, 0.25) is 0 Å². The van der Waals surface area contributed by atoms with Crippen molar-refractivity contribution < 1.29 is 4.79 Å². The summed E-state index contributed by atoms with van der Waals surface area (Å²) in [5.74, 6) is 0.378. The van der Waals surface area contributed by atoms with E-state index in [1.54, 1.807) is 5.01 Å². The highest BCUT2D eigenvalue weighted by molar-refractivity contribution is 6.21. The second kappa shape index (κ2) is 4.29. The summed E-state index contributed by atoms with van der Waals surface area (Å²) < 4.78 is 0. The molecule has 2 aromatic carbocycles. The van der Waals surface area contributed by atoms with E-state index in [9.17, 15) is 4.79 Å². The van der Waals surface area contributed by atoms with Crippen molar-refractivity contribution in [3.05, 3.63) is 66.2 Å². The molecule has 3 nitrogen and oxygen atoms in total. The molecule has 1 aliphatic carbocycles. The van der Waals surface area contributed by atoms with Crippen molar-refractivity contribution in [3.8, 4) is 0 Å². The number of hydrazone groups is 1. The SMILES string of the molecule is CC1=NN(c2ccccc2)C(=O)[C@@]12C[C@H]2c1ccccc1. The van der Waals surface area contributed by atoms with Crippen LogP contribution in [0.15, 0.2) is 65.8 Å². The van der Waals surface area contributed by atoms with E-state index in [4.69, 9.17) is 0 Å². The molecule has 104 valence electrons. The maximum atomic E-state index is 12.9. The fraction of sp³-hybridized carbons (Fsp3) is 0.222. The Balaban J connectivity index is 1.68. The van der Waals surface area contributed by atoms with Gasteiger partial charge in [0.15, 0.2) is 0 Å². The van der Waals surface area contributed by atoms with Gasteiger partial charge in [0.2, 0.25) is 0 Å². The van der Waals surface area contributed by atoms with E-state index in [2.05, 4.69) is 17.2 Å². The number of carbonyl (C=O) groups excluding carboxylic acids is 1. The third kappa shape index (κ3) is 1.67. The molecule has 1 heterocycles. The molecule has 1 fully saturated rings. The number of anilines is 1. The van der Waals surface area contributed by atoms with E-state index in [0.717, 1.165) is 17.8 Å². The molecule has 1 saturated carbocycles. The first kappa shape index (κ1) is 12.3. The first-order valence-corrected chi connectivity index (χ1v) is 7.24. The number of benzene rings is 2. The third-order valence-corrected chi connectivity index (χ3v) is 4.63. The Kier molecular flexibility index (Phi) is 2.52. The molecule has 0 aromatic heterocycles. The van der Waals surface area contributed by atoms with Crippen molar-refractivity contribution >= 4 is 17.3 Å². The predicted molar refractivity (Wildman–Crippen MR) is 83.3 cm³/mol. The lowest BCUT2D eigenvalue weighted by Crippen LogP contribution is -2.29. The topological polar surface area (TPSA) is 32.7 Å². The van der Waals surface area contributed by atoms with Crippen LogP contribution in [-0.4, -0.2) is 11.6 Å². The molecule has 4 rings (SSSR count). The van der Waals surface area contributed by atoms with Crippen LogP contribution in [0.25, 0.3) is 0 Å². The van der Waals surface area contributed by atoms with Crippen molar-refractivity contribution in [2.45, 2.75) is 19.3 Å². The summed E-state index contributed by atoms with van der Waals surface area (Å²) in [6, 6.07) is 19.9. The molecule has 0 radical (unpaired) electrons. The zero-order chi connectivity index (χ0) is 14.4. The van der Waals surface area contributed by atoms with Gasteiger partial charge in [-0.1, -0.05) is 48.5 Å². The Morgan fingerprint density at radius 3 is 2.33 bits per heavy atom. The smallest absolute Gasteiger partial charge is 0.260 e. The molecule has 0 bridgehead atoms. The summed E-state index contributed by atoms with van der Waals surface area (Å²) in [6.07, 6.45) is 0.870. The Morgan fingerprint density at radius 1 is 1.05 bits per heavy atom. The van der Waals surface area contributed by atoms with Crippen molar-refractivity contribution in [2.24, 2.45) is 10.5 Å². The van der Waals surface area contributed by atoms with Gasteiger partial charge in [0.05, 0.1) is 16.8 Å². The van der Waals surface area contributed by atoms with Crippen LogP contribution in [0.4, 0.5) is 5.69 Å². The van der Waals surface area contributed by atoms with E-state index in [1.165, 1.54) is 5.56 Å². The van der Waals surface area contributed by atoms with Crippen molar-refractivity contribution in [3.63, 3.8) is 0 Å². The van der Waals surface area contributed by atoms with Gasteiger partial charge in [-0.25, -0.2) is 0 Å². The summed E-state index contributed by atoms with van der Waals surface area (Å²) in [4.78, 5) is 12.9. The first-order chi connectivity index (χ1) is 10.2. The molecule has 1 spiro atoms. The average Bonchev–Trinajstić information content (AvgIpc) is 3.25. The van der Waals surface area contributed by atoms with Crippen molar-refractivity contribution in [1.82, 2.24) is 0 Å². The fourth-order valence-electron chi connectivity index (χ4n) is 3.36. The second-order valence-corrected chi connectivity index (χ2v) is 5.78. The fourth-order valence-corrected chi connectivity index (χ4v) is 3.36. The average molecular weight is 276 g/mol. The van der Waals surface area contributed by atoms with Crippen LogP contribution in [0.1, 0.15) is 24.8 Å². The van der Waals surface area contributed by atoms with Crippen LogP contribution >= 0.6 is 0 Å². The zero-order valence-electron chi connectivity index (χ0n) is 11.9. The quantitative estimate of drug-likeness (QED) is 0.825. The minimum Gasteiger partial charge on any atom is -0.271 e. The summed E-state index contributed by atoms with van der Waals surface area (Å²) in [6.45, 7) is 1.98. The summed E-state index contributed by atoms with van der Waals surface area (Å²) >= 11 is 0. The molecule has 3 heteroatoms. The Bertz CT molecular complexity index is 723. The van der Waals surface area contributed by atoms with Crippen molar-refractivity contribution in [1.29, 1.82) is 0 Å². The molecule has 0 saturated heterocycles. The zero-order valence-corrected chi connectivity index (χ0v) is 11.9. The number of hydrogen-bond donors (Lipinski definition) is 0. The summed E-state index contributed by atoms with van der Waals surface area (Å²) in [7, 11) is 0. The van der Waals surface area contributed by atoms with Gasteiger partial charge in [0, 0.05) is 5.92 Å². The maximum Gasteiger partial charge on any atom is 0.260 e. The van der Waals surface area contributed by atoms with Gasteiger partial charge >= 0.3 is 0 Å². The Labute approximate surface area is 123 Å². The highest BCUT2D eigenvalue weighted by Crippen LogP contribution is 2.63. The molecule has 1 aliphatic heterocycles. The van der Waals surface area contributed by atoms with Gasteiger partial charge in [0.25, 0.3) is 5.91 Å².